The van der Waals surface area contributed by atoms with Gasteiger partial charge in [-0.25, -0.2) is 17.2 Å². The van der Waals surface area contributed by atoms with Crippen LogP contribution in [-0.4, -0.2) is 8.42 Å². The zero-order valence-electron chi connectivity index (χ0n) is 10.4. The van der Waals surface area contributed by atoms with Gasteiger partial charge in [0.2, 0.25) is 9.84 Å². The third kappa shape index (κ3) is 2.51. The van der Waals surface area contributed by atoms with Crippen molar-refractivity contribution in [1.29, 1.82) is 0 Å². The molecule has 0 spiro atoms. The third-order valence-corrected chi connectivity index (χ3v) is 4.93. The lowest BCUT2D eigenvalue weighted by atomic mass is 10.2. The number of hydrogen-bond acceptors (Lipinski definition) is 2. The van der Waals surface area contributed by atoms with Crippen LogP contribution in [0.4, 0.5) is 8.78 Å². The Morgan fingerprint density at radius 3 is 1.47 bits per heavy atom. The minimum absolute atomic E-state index is 0.0311. The fourth-order valence-electron chi connectivity index (χ4n) is 1.95. The van der Waals surface area contributed by atoms with E-state index in [1.165, 1.54) is 26.0 Å². The zero-order valence-corrected chi connectivity index (χ0v) is 11.3. The van der Waals surface area contributed by atoms with Crippen molar-refractivity contribution in [3.05, 3.63) is 59.2 Å². The molecule has 0 aromatic heterocycles. The highest BCUT2D eigenvalue weighted by Gasteiger charge is 2.22. The monoisotopic (exact) mass is 282 g/mol. The molecule has 5 heteroatoms. The zero-order chi connectivity index (χ0) is 14.2. The predicted molar refractivity (Wildman–Crippen MR) is 67.7 cm³/mol. The van der Waals surface area contributed by atoms with Crippen LogP contribution in [0.5, 0.6) is 0 Å². The summed E-state index contributed by atoms with van der Waals surface area (Å²) in [6.07, 6.45) is 0. The van der Waals surface area contributed by atoms with Crippen LogP contribution in [0.25, 0.3) is 0 Å². The highest BCUT2D eigenvalue weighted by atomic mass is 32.2. The SMILES string of the molecule is Cc1cc(F)ccc1S(=O)(=O)c1ccc(F)cc1C. The lowest BCUT2D eigenvalue weighted by Crippen LogP contribution is -2.06. The fourth-order valence-corrected chi connectivity index (χ4v) is 3.64. The van der Waals surface area contributed by atoms with Gasteiger partial charge in [0.15, 0.2) is 0 Å². The Balaban J connectivity index is 2.65. The maximum absolute atomic E-state index is 13.0. The van der Waals surface area contributed by atoms with Crippen molar-refractivity contribution >= 4 is 9.84 Å². The van der Waals surface area contributed by atoms with Crippen LogP contribution in [0.2, 0.25) is 0 Å². The number of aryl methyl sites for hydroxylation is 2. The van der Waals surface area contributed by atoms with Gasteiger partial charge < -0.3 is 0 Å². The largest absolute Gasteiger partial charge is 0.218 e. The molecule has 0 fully saturated rings. The standard InChI is InChI=1S/C14H12F2O2S/c1-9-7-11(15)3-5-13(9)19(17,18)14-6-4-12(16)8-10(14)2/h3-8H,1-2H3. The Bertz CT molecular complexity index is 680. The maximum atomic E-state index is 13.0. The summed E-state index contributed by atoms with van der Waals surface area (Å²) in [5, 5.41) is 0. The molecule has 0 atom stereocenters. The molecule has 0 amide bonds. The molecule has 0 aliphatic rings. The predicted octanol–water partition coefficient (Wildman–Crippen LogP) is 3.41. The molecule has 2 rings (SSSR count). The summed E-state index contributed by atoms with van der Waals surface area (Å²) in [6.45, 7) is 3.05. The van der Waals surface area contributed by atoms with Gasteiger partial charge >= 0.3 is 0 Å². The van der Waals surface area contributed by atoms with Gasteiger partial charge in [-0.15, -0.1) is 0 Å². The molecule has 0 aliphatic heterocycles. The van der Waals surface area contributed by atoms with E-state index in [2.05, 4.69) is 0 Å². The number of rotatable bonds is 2. The molecule has 2 nitrogen and oxygen atoms in total. The van der Waals surface area contributed by atoms with Crippen molar-refractivity contribution in [3.8, 4) is 0 Å². The molecule has 0 saturated heterocycles. The van der Waals surface area contributed by atoms with Gasteiger partial charge in [-0.05, 0) is 61.4 Å². The summed E-state index contributed by atoms with van der Waals surface area (Å²) < 4.78 is 51.0. The van der Waals surface area contributed by atoms with Gasteiger partial charge in [-0.1, -0.05) is 0 Å². The number of hydrogen-bond donors (Lipinski definition) is 0. The van der Waals surface area contributed by atoms with Crippen molar-refractivity contribution in [2.45, 2.75) is 23.6 Å². The molecule has 0 aliphatic carbocycles. The average Bonchev–Trinajstić information content (AvgIpc) is 2.27. The Kier molecular flexibility index (Phi) is 3.41. The van der Waals surface area contributed by atoms with Gasteiger partial charge in [-0.2, -0.15) is 0 Å². The lowest BCUT2D eigenvalue weighted by molar-refractivity contribution is 0.591. The van der Waals surface area contributed by atoms with Gasteiger partial charge in [-0.3, -0.25) is 0 Å². The summed E-state index contributed by atoms with van der Waals surface area (Å²) in [5.74, 6) is -0.987. The molecule has 0 saturated carbocycles. The van der Waals surface area contributed by atoms with Gasteiger partial charge in [0.1, 0.15) is 11.6 Å². The Labute approximate surface area is 110 Å². The molecule has 100 valence electrons. The molecular formula is C14H12F2O2S. The van der Waals surface area contributed by atoms with Crippen molar-refractivity contribution in [2.75, 3.05) is 0 Å². The van der Waals surface area contributed by atoms with Gasteiger partial charge in [0, 0.05) is 0 Å². The molecule has 19 heavy (non-hydrogen) atoms. The molecule has 2 aromatic rings. The summed E-state index contributed by atoms with van der Waals surface area (Å²) in [7, 11) is -3.77. The van der Waals surface area contributed by atoms with Gasteiger partial charge in [0.05, 0.1) is 9.79 Å². The first-order valence-electron chi connectivity index (χ1n) is 5.60. The molecule has 0 N–H and O–H groups in total. The first kappa shape index (κ1) is 13.7. The van der Waals surface area contributed by atoms with Crippen LogP contribution in [0.1, 0.15) is 11.1 Å². The van der Waals surface area contributed by atoms with Crippen LogP contribution in [0, 0.1) is 25.5 Å². The number of benzene rings is 2. The first-order chi connectivity index (χ1) is 8.82. The summed E-state index contributed by atoms with van der Waals surface area (Å²) in [6, 6.07) is 6.96. The van der Waals surface area contributed by atoms with E-state index in [-0.39, 0.29) is 9.79 Å². The quantitative estimate of drug-likeness (QED) is 0.791. The highest BCUT2D eigenvalue weighted by Crippen LogP contribution is 2.27. The van der Waals surface area contributed by atoms with Crippen molar-refractivity contribution < 1.29 is 17.2 Å². The molecule has 2 aromatic carbocycles. The minimum atomic E-state index is -3.77. The smallest absolute Gasteiger partial charge is 0.207 e. The Hall–Kier alpha value is -1.75. The summed E-state index contributed by atoms with van der Waals surface area (Å²) >= 11 is 0. The Morgan fingerprint density at radius 2 is 1.16 bits per heavy atom. The van der Waals surface area contributed by atoms with Crippen molar-refractivity contribution in [2.24, 2.45) is 0 Å². The minimum Gasteiger partial charge on any atom is -0.218 e. The van der Waals surface area contributed by atoms with Crippen molar-refractivity contribution in [1.82, 2.24) is 0 Å². The summed E-state index contributed by atoms with van der Waals surface area (Å²) in [5.41, 5.74) is 0.646. The van der Waals surface area contributed by atoms with E-state index >= 15 is 0 Å². The van der Waals surface area contributed by atoms with E-state index in [1.54, 1.807) is 0 Å². The third-order valence-electron chi connectivity index (χ3n) is 2.85. The van der Waals surface area contributed by atoms with Crippen molar-refractivity contribution in [3.63, 3.8) is 0 Å². The second kappa shape index (κ2) is 4.74. The van der Waals surface area contributed by atoms with Crippen LogP contribution in [0.15, 0.2) is 46.2 Å². The molecule has 0 bridgehead atoms. The van der Waals surface area contributed by atoms with E-state index in [1.807, 2.05) is 0 Å². The molecule has 0 radical (unpaired) electrons. The van der Waals surface area contributed by atoms with E-state index in [4.69, 9.17) is 0 Å². The lowest BCUT2D eigenvalue weighted by Gasteiger charge is -2.10. The maximum Gasteiger partial charge on any atom is 0.207 e. The molecule has 0 heterocycles. The van der Waals surface area contributed by atoms with Crippen LogP contribution < -0.4 is 0 Å². The normalized spacial score (nSPS) is 11.6. The van der Waals surface area contributed by atoms with E-state index in [9.17, 15) is 17.2 Å². The number of sulfone groups is 1. The van der Waals surface area contributed by atoms with Crippen LogP contribution >= 0.6 is 0 Å². The number of halogens is 2. The fraction of sp³-hybridized carbons (Fsp3) is 0.143. The summed E-state index contributed by atoms with van der Waals surface area (Å²) in [4.78, 5) is 0.0622. The highest BCUT2D eigenvalue weighted by molar-refractivity contribution is 7.91. The average molecular weight is 282 g/mol. The first-order valence-corrected chi connectivity index (χ1v) is 7.08. The van der Waals surface area contributed by atoms with E-state index < -0.39 is 21.5 Å². The second-order valence-corrected chi connectivity index (χ2v) is 6.21. The van der Waals surface area contributed by atoms with Gasteiger partial charge in [0.25, 0.3) is 0 Å². The van der Waals surface area contributed by atoms with Crippen LogP contribution in [0.3, 0.4) is 0 Å². The topological polar surface area (TPSA) is 34.1 Å². The van der Waals surface area contributed by atoms with E-state index in [0.29, 0.717) is 11.1 Å². The van der Waals surface area contributed by atoms with Crippen LogP contribution in [-0.2, 0) is 9.84 Å². The second-order valence-electron chi connectivity index (χ2n) is 4.32. The molecule has 0 unspecified atom stereocenters. The molecular weight excluding hydrogens is 270 g/mol. The Morgan fingerprint density at radius 1 is 0.789 bits per heavy atom. The van der Waals surface area contributed by atoms with E-state index in [0.717, 1.165) is 24.3 Å².